The molecule has 1 aliphatic heterocycles. The summed E-state index contributed by atoms with van der Waals surface area (Å²) in [5.41, 5.74) is 5.02. The summed E-state index contributed by atoms with van der Waals surface area (Å²) in [6, 6.07) is 12.9. The minimum atomic E-state index is 0.0881. The van der Waals surface area contributed by atoms with Crippen LogP contribution in [0.1, 0.15) is 48.6 Å². The molecule has 0 saturated carbocycles. The first-order chi connectivity index (χ1) is 14.4. The Bertz CT molecular complexity index is 879. The molecule has 2 aromatic carbocycles. The van der Waals surface area contributed by atoms with Gasteiger partial charge in [-0.25, -0.2) is 0 Å². The zero-order chi connectivity index (χ0) is 21.7. The van der Waals surface area contributed by atoms with Gasteiger partial charge >= 0.3 is 0 Å². The lowest BCUT2D eigenvalue weighted by Gasteiger charge is -2.38. The molecule has 0 spiro atoms. The monoisotopic (exact) mass is 410 g/mol. The summed E-state index contributed by atoms with van der Waals surface area (Å²) < 4.78 is 11.1. The van der Waals surface area contributed by atoms with E-state index in [1.165, 1.54) is 22.3 Å². The predicted octanol–water partition coefficient (Wildman–Crippen LogP) is 4.27. The van der Waals surface area contributed by atoms with E-state index in [2.05, 4.69) is 67.4 Å². The molecule has 30 heavy (non-hydrogen) atoms. The van der Waals surface area contributed by atoms with Crippen molar-refractivity contribution in [1.29, 1.82) is 0 Å². The number of nitrogens with zero attached hydrogens (tertiary/aromatic N) is 1. The molecule has 0 saturated heterocycles. The third-order valence-electron chi connectivity index (χ3n) is 5.67. The Labute approximate surface area is 180 Å². The van der Waals surface area contributed by atoms with Crippen molar-refractivity contribution in [1.82, 2.24) is 10.2 Å². The van der Waals surface area contributed by atoms with Crippen LogP contribution in [0, 0.1) is 12.8 Å². The van der Waals surface area contributed by atoms with E-state index in [9.17, 15) is 4.79 Å². The number of aryl methyl sites for hydroxylation is 1. The standard InChI is InChI=1S/C25H34N2O3/c1-17(2)11-25(28)26-15-22-21-14-24(30-5)23(29-4)13-20(21)9-10-27(22)16-19-8-6-7-18(3)12-19/h6-8,12-14,17,22H,9-11,15-16H2,1-5H3,(H,26,28)/t22-/m0/s1. The fraction of sp³-hybridized carbons (Fsp3) is 0.480. The first-order valence-electron chi connectivity index (χ1n) is 10.7. The maximum Gasteiger partial charge on any atom is 0.220 e. The SMILES string of the molecule is COc1cc2c(cc1OC)[C@H](CNC(=O)CC(C)C)N(Cc1cccc(C)c1)CC2. The van der Waals surface area contributed by atoms with Crippen molar-refractivity contribution in [2.24, 2.45) is 5.92 Å². The molecule has 0 aliphatic carbocycles. The van der Waals surface area contributed by atoms with Crippen LogP contribution in [0.5, 0.6) is 11.5 Å². The van der Waals surface area contributed by atoms with Gasteiger partial charge in [0.05, 0.1) is 20.3 Å². The van der Waals surface area contributed by atoms with E-state index in [-0.39, 0.29) is 11.9 Å². The van der Waals surface area contributed by atoms with Gasteiger partial charge in [0.2, 0.25) is 5.91 Å². The van der Waals surface area contributed by atoms with Gasteiger partial charge in [-0.1, -0.05) is 43.7 Å². The minimum Gasteiger partial charge on any atom is -0.493 e. The highest BCUT2D eigenvalue weighted by Gasteiger charge is 2.29. The van der Waals surface area contributed by atoms with Crippen molar-refractivity contribution >= 4 is 5.91 Å². The highest BCUT2D eigenvalue weighted by Crippen LogP contribution is 2.38. The van der Waals surface area contributed by atoms with Crippen molar-refractivity contribution < 1.29 is 14.3 Å². The number of fused-ring (bicyclic) bond motifs is 1. The summed E-state index contributed by atoms with van der Waals surface area (Å²) in [5.74, 6) is 1.93. The van der Waals surface area contributed by atoms with Gasteiger partial charge in [0, 0.05) is 26.1 Å². The Balaban J connectivity index is 1.89. The third kappa shape index (κ3) is 5.33. The maximum atomic E-state index is 12.4. The Hall–Kier alpha value is -2.53. The van der Waals surface area contributed by atoms with Gasteiger partial charge in [-0.3, -0.25) is 9.69 Å². The van der Waals surface area contributed by atoms with Crippen LogP contribution in [0.25, 0.3) is 0 Å². The van der Waals surface area contributed by atoms with Crippen LogP contribution < -0.4 is 14.8 Å². The predicted molar refractivity (Wildman–Crippen MR) is 120 cm³/mol. The van der Waals surface area contributed by atoms with E-state index in [4.69, 9.17) is 9.47 Å². The van der Waals surface area contributed by atoms with Crippen molar-refractivity contribution in [3.63, 3.8) is 0 Å². The number of amides is 1. The quantitative estimate of drug-likeness (QED) is 0.706. The molecule has 1 atom stereocenters. The Kier molecular flexibility index (Phi) is 7.38. The van der Waals surface area contributed by atoms with E-state index in [0.717, 1.165) is 31.0 Å². The number of methoxy groups -OCH3 is 2. The Morgan fingerprint density at radius 1 is 1.17 bits per heavy atom. The number of benzene rings is 2. The molecule has 0 aromatic heterocycles. The number of carbonyl (C=O) groups is 1. The average molecular weight is 411 g/mol. The van der Waals surface area contributed by atoms with E-state index in [0.29, 0.717) is 18.9 Å². The van der Waals surface area contributed by atoms with E-state index < -0.39 is 0 Å². The third-order valence-corrected chi connectivity index (χ3v) is 5.67. The Morgan fingerprint density at radius 3 is 2.57 bits per heavy atom. The van der Waals surface area contributed by atoms with Gasteiger partial charge in [0.1, 0.15) is 0 Å². The lowest BCUT2D eigenvalue weighted by molar-refractivity contribution is -0.122. The zero-order valence-corrected chi connectivity index (χ0v) is 18.8. The summed E-state index contributed by atoms with van der Waals surface area (Å²) >= 11 is 0. The second-order valence-electron chi connectivity index (χ2n) is 8.53. The van der Waals surface area contributed by atoms with Crippen molar-refractivity contribution in [2.45, 2.75) is 46.2 Å². The van der Waals surface area contributed by atoms with Gasteiger partial charge in [0.15, 0.2) is 11.5 Å². The summed E-state index contributed by atoms with van der Waals surface area (Å²) in [7, 11) is 3.33. The molecule has 162 valence electrons. The molecule has 0 fully saturated rings. The first-order valence-corrected chi connectivity index (χ1v) is 10.7. The molecule has 1 heterocycles. The fourth-order valence-electron chi connectivity index (χ4n) is 4.21. The number of ether oxygens (including phenoxy) is 2. The summed E-state index contributed by atoms with van der Waals surface area (Å²) in [5, 5.41) is 3.17. The topological polar surface area (TPSA) is 50.8 Å². The van der Waals surface area contributed by atoms with Crippen LogP contribution in [0.3, 0.4) is 0 Å². The second kappa shape index (κ2) is 9.98. The number of carbonyl (C=O) groups excluding carboxylic acids is 1. The average Bonchev–Trinajstić information content (AvgIpc) is 2.71. The van der Waals surface area contributed by atoms with Crippen LogP contribution in [-0.4, -0.2) is 38.1 Å². The molecule has 3 rings (SSSR count). The zero-order valence-electron chi connectivity index (χ0n) is 18.8. The van der Waals surface area contributed by atoms with Gasteiger partial charge in [0.25, 0.3) is 0 Å². The van der Waals surface area contributed by atoms with Crippen LogP contribution in [0.15, 0.2) is 36.4 Å². The normalized spacial score (nSPS) is 16.3. The summed E-state index contributed by atoms with van der Waals surface area (Å²) in [4.78, 5) is 14.8. The van der Waals surface area contributed by atoms with Gasteiger partial charge in [-0.15, -0.1) is 0 Å². The lowest BCUT2D eigenvalue weighted by atomic mass is 9.91. The van der Waals surface area contributed by atoms with Crippen LogP contribution >= 0.6 is 0 Å². The molecule has 5 heteroatoms. The minimum absolute atomic E-state index is 0.0881. The summed E-state index contributed by atoms with van der Waals surface area (Å²) in [6.45, 7) is 8.62. The number of rotatable bonds is 8. The van der Waals surface area contributed by atoms with Gasteiger partial charge in [-0.05, 0) is 48.1 Å². The summed E-state index contributed by atoms with van der Waals surface area (Å²) in [6.07, 6.45) is 1.49. The number of hydrogen-bond acceptors (Lipinski definition) is 4. The van der Waals surface area contributed by atoms with Crippen LogP contribution in [0.2, 0.25) is 0 Å². The van der Waals surface area contributed by atoms with Crippen molar-refractivity contribution in [2.75, 3.05) is 27.3 Å². The van der Waals surface area contributed by atoms with E-state index in [1.54, 1.807) is 14.2 Å². The molecular formula is C25H34N2O3. The van der Waals surface area contributed by atoms with Crippen molar-refractivity contribution in [3.05, 3.63) is 58.7 Å². The fourth-order valence-corrected chi connectivity index (χ4v) is 4.21. The van der Waals surface area contributed by atoms with Crippen molar-refractivity contribution in [3.8, 4) is 11.5 Å². The second-order valence-corrected chi connectivity index (χ2v) is 8.53. The molecule has 0 unspecified atom stereocenters. The van der Waals surface area contributed by atoms with E-state index in [1.807, 2.05) is 0 Å². The number of hydrogen-bond donors (Lipinski definition) is 1. The lowest BCUT2D eigenvalue weighted by Crippen LogP contribution is -2.42. The highest BCUT2D eigenvalue weighted by molar-refractivity contribution is 5.76. The highest BCUT2D eigenvalue weighted by atomic mass is 16.5. The van der Waals surface area contributed by atoms with Crippen LogP contribution in [-0.2, 0) is 17.8 Å². The molecule has 0 radical (unpaired) electrons. The first kappa shape index (κ1) is 22.2. The smallest absolute Gasteiger partial charge is 0.220 e. The van der Waals surface area contributed by atoms with Gasteiger partial charge in [-0.2, -0.15) is 0 Å². The molecular weight excluding hydrogens is 376 g/mol. The Morgan fingerprint density at radius 2 is 1.90 bits per heavy atom. The van der Waals surface area contributed by atoms with Gasteiger partial charge < -0.3 is 14.8 Å². The number of nitrogens with one attached hydrogen (secondary N) is 1. The molecule has 5 nitrogen and oxygen atoms in total. The molecule has 1 N–H and O–H groups in total. The molecule has 1 amide bonds. The van der Waals surface area contributed by atoms with E-state index >= 15 is 0 Å². The largest absolute Gasteiger partial charge is 0.493 e. The molecule has 0 bridgehead atoms. The molecule has 2 aromatic rings. The maximum absolute atomic E-state index is 12.4. The van der Waals surface area contributed by atoms with Crippen LogP contribution in [0.4, 0.5) is 0 Å². The molecule has 1 aliphatic rings.